The van der Waals surface area contributed by atoms with Crippen LogP contribution in [0, 0.1) is 6.92 Å². The number of benzene rings is 1. The molecule has 0 amide bonds. The van der Waals surface area contributed by atoms with E-state index in [0.29, 0.717) is 0 Å². The number of aryl methyl sites for hydroxylation is 1. The first-order chi connectivity index (χ1) is 12.2. The molecule has 0 aliphatic heterocycles. The highest BCUT2D eigenvalue weighted by atomic mass is 16.5. The molecule has 6 heteroatoms. The fraction of sp³-hybridized carbons (Fsp3) is 0.211. The first-order valence-electron chi connectivity index (χ1n) is 8.10. The highest BCUT2D eigenvalue weighted by Crippen LogP contribution is 2.28. The van der Waals surface area contributed by atoms with Crippen molar-refractivity contribution in [1.29, 1.82) is 0 Å². The van der Waals surface area contributed by atoms with Crippen molar-refractivity contribution in [2.45, 2.75) is 13.5 Å². The maximum atomic E-state index is 5.44. The summed E-state index contributed by atoms with van der Waals surface area (Å²) >= 11 is 0. The smallest absolute Gasteiger partial charge is 0.157 e. The number of aromatic nitrogens is 4. The highest BCUT2D eigenvalue weighted by Gasteiger charge is 2.13. The van der Waals surface area contributed by atoms with Gasteiger partial charge in [-0.15, -0.1) is 0 Å². The molecule has 0 N–H and O–H groups in total. The number of pyridine rings is 1. The molecule has 25 heavy (non-hydrogen) atoms. The van der Waals surface area contributed by atoms with E-state index in [1.165, 1.54) is 5.56 Å². The van der Waals surface area contributed by atoms with Gasteiger partial charge in [-0.05, 0) is 24.6 Å². The largest absolute Gasteiger partial charge is 0.494 e. The minimum atomic E-state index is 0.727. The van der Waals surface area contributed by atoms with Crippen LogP contribution in [0.2, 0.25) is 0 Å². The summed E-state index contributed by atoms with van der Waals surface area (Å²) in [6.07, 6.45) is 3.56. The standard InChI is InChI=1S/C19H19N5O/c1-13-11-18(24-17(22-13)8-10-21-24)23(2)12-14-6-7-16(25-3)19-15(14)5-4-9-20-19/h4-11H,12H2,1-3H3. The Morgan fingerprint density at radius 2 is 2.04 bits per heavy atom. The van der Waals surface area contributed by atoms with Gasteiger partial charge in [0.05, 0.1) is 13.3 Å². The summed E-state index contributed by atoms with van der Waals surface area (Å²) in [6, 6.07) is 12.1. The van der Waals surface area contributed by atoms with E-state index in [-0.39, 0.29) is 0 Å². The molecule has 0 radical (unpaired) electrons. The lowest BCUT2D eigenvalue weighted by atomic mass is 10.1. The van der Waals surface area contributed by atoms with Crippen molar-refractivity contribution in [1.82, 2.24) is 19.6 Å². The number of methoxy groups -OCH3 is 1. The van der Waals surface area contributed by atoms with Gasteiger partial charge in [0.1, 0.15) is 17.1 Å². The SMILES string of the molecule is COc1ccc(CN(C)c2cc(C)nc3ccnn23)c2cccnc12. The normalized spacial score (nSPS) is 11.2. The summed E-state index contributed by atoms with van der Waals surface area (Å²) in [5, 5.41) is 5.49. The second-order valence-corrected chi connectivity index (χ2v) is 6.04. The topological polar surface area (TPSA) is 55.5 Å². The molecule has 0 saturated carbocycles. The number of ether oxygens (including phenoxy) is 1. The summed E-state index contributed by atoms with van der Waals surface area (Å²) in [5.41, 5.74) is 3.88. The van der Waals surface area contributed by atoms with Gasteiger partial charge in [0.25, 0.3) is 0 Å². The average molecular weight is 333 g/mol. The van der Waals surface area contributed by atoms with Gasteiger partial charge in [-0.1, -0.05) is 12.1 Å². The maximum absolute atomic E-state index is 5.44. The van der Waals surface area contributed by atoms with Gasteiger partial charge in [0.2, 0.25) is 0 Å². The minimum Gasteiger partial charge on any atom is -0.494 e. The molecule has 4 aromatic rings. The molecule has 0 saturated heterocycles. The van der Waals surface area contributed by atoms with Crippen molar-refractivity contribution in [2.75, 3.05) is 19.1 Å². The number of fused-ring (bicyclic) bond motifs is 2. The Balaban J connectivity index is 1.77. The zero-order valence-electron chi connectivity index (χ0n) is 14.5. The van der Waals surface area contributed by atoms with Crippen LogP contribution in [-0.2, 0) is 6.54 Å². The number of hydrogen-bond donors (Lipinski definition) is 0. The Morgan fingerprint density at radius 3 is 2.88 bits per heavy atom. The average Bonchev–Trinajstić information content (AvgIpc) is 3.09. The fourth-order valence-electron chi connectivity index (χ4n) is 3.14. The lowest BCUT2D eigenvalue weighted by molar-refractivity contribution is 0.419. The molecule has 0 spiro atoms. The van der Waals surface area contributed by atoms with E-state index >= 15 is 0 Å². The quantitative estimate of drug-likeness (QED) is 0.574. The molecular formula is C19H19N5O. The molecule has 0 bridgehead atoms. The Morgan fingerprint density at radius 1 is 1.16 bits per heavy atom. The predicted molar refractivity (Wildman–Crippen MR) is 98.1 cm³/mol. The van der Waals surface area contributed by atoms with Crippen LogP contribution in [0.1, 0.15) is 11.3 Å². The first kappa shape index (κ1) is 15.4. The minimum absolute atomic E-state index is 0.727. The molecule has 0 aliphatic carbocycles. The molecule has 4 rings (SSSR count). The molecule has 0 atom stereocenters. The summed E-state index contributed by atoms with van der Waals surface area (Å²) in [4.78, 5) is 11.2. The van der Waals surface area contributed by atoms with E-state index in [4.69, 9.17) is 4.74 Å². The van der Waals surface area contributed by atoms with E-state index in [2.05, 4.69) is 39.1 Å². The summed E-state index contributed by atoms with van der Waals surface area (Å²) in [7, 11) is 3.73. The number of hydrogen-bond acceptors (Lipinski definition) is 5. The van der Waals surface area contributed by atoms with Crippen LogP contribution in [0.25, 0.3) is 16.6 Å². The zero-order valence-corrected chi connectivity index (χ0v) is 14.5. The van der Waals surface area contributed by atoms with Gasteiger partial charge in [-0.3, -0.25) is 4.98 Å². The Labute approximate surface area is 145 Å². The zero-order chi connectivity index (χ0) is 17.4. The van der Waals surface area contributed by atoms with Gasteiger partial charge in [0.15, 0.2) is 5.65 Å². The van der Waals surface area contributed by atoms with Gasteiger partial charge in [-0.2, -0.15) is 9.61 Å². The van der Waals surface area contributed by atoms with Crippen LogP contribution in [0.5, 0.6) is 5.75 Å². The lowest BCUT2D eigenvalue weighted by Gasteiger charge is -2.21. The third-order valence-electron chi connectivity index (χ3n) is 4.31. The maximum Gasteiger partial charge on any atom is 0.157 e. The Hall–Kier alpha value is -3.15. The Bertz CT molecular complexity index is 1060. The van der Waals surface area contributed by atoms with Crippen LogP contribution in [-0.4, -0.2) is 33.7 Å². The first-order valence-corrected chi connectivity index (χ1v) is 8.10. The monoisotopic (exact) mass is 333 g/mol. The highest BCUT2D eigenvalue weighted by molar-refractivity contribution is 5.87. The Kier molecular flexibility index (Phi) is 3.72. The van der Waals surface area contributed by atoms with Crippen LogP contribution < -0.4 is 9.64 Å². The van der Waals surface area contributed by atoms with Crippen molar-refractivity contribution in [3.8, 4) is 5.75 Å². The van der Waals surface area contributed by atoms with Crippen molar-refractivity contribution in [3.63, 3.8) is 0 Å². The molecule has 3 heterocycles. The van der Waals surface area contributed by atoms with Crippen molar-refractivity contribution in [2.24, 2.45) is 0 Å². The third-order valence-corrected chi connectivity index (χ3v) is 4.31. The van der Waals surface area contributed by atoms with Gasteiger partial charge < -0.3 is 9.64 Å². The van der Waals surface area contributed by atoms with E-state index in [0.717, 1.165) is 40.4 Å². The third kappa shape index (κ3) is 2.65. The van der Waals surface area contributed by atoms with Crippen LogP contribution in [0.3, 0.4) is 0 Å². The number of anilines is 1. The van der Waals surface area contributed by atoms with Gasteiger partial charge in [-0.25, -0.2) is 4.98 Å². The second-order valence-electron chi connectivity index (χ2n) is 6.04. The lowest BCUT2D eigenvalue weighted by Crippen LogP contribution is -2.20. The van der Waals surface area contributed by atoms with E-state index in [1.807, 2.05) is 35.7 Å². The van der Waals surface area contributed by atoms with Gasteiger partial charge >= 0.3 is 0 Å². The fourth-order valence-corrected chi connectivity index (χ4v) is 3.14. The molecule has 0 aliphatic rings. The van der Waals surface area contributed by atoms with Crippen molar-refractivity contribution < 1.29 is 4.74 Å². The molecular weight excluding hydrogens is 314 g/mol. The molecule has 1 aromatic carbocycles. The summed E-state index contributed by atoms with van der Waals surface area (Å²) in [5.74, 6) is 1.79. The molecule has 6 nitrogen and oxygen atoms in total. The van der Waals surface area contributed by atoms with Gasteiger partial charge in [0, 0.05) is 43.0 Å². The van der Waals surface area contributed by atoms with E-state index < -0.39 is 0 Å². The molecule has 0 unspecified atom stereocenters. The predicted octanol–water partition coefficient (Wildman–Crippen LogP) is 3.23. The summed E-state index contributed by atoms with van der Waals surface area (Å²) < 4.78 is 7.29. The van der Waals surface area contributed by atoms with E-state index in [9.17, 15) is 0 Å². The molecule has 0 fully saturated rings. The number of rotatable bonds is 4. The van der Waals surface area contributed by atoms with Crippen molar-refractivity contribution >= 4 is 22.4 Å². The van der Waals surface area contributed by atoms with E-state index in [1.54, 1.807) is 19.5 Å². The van der Waals surface area contributed by atoms with Crippen LogP contribution >= 0.6 is 0 Å². The number of nitrogens with zero attached hydrogens (tertiary/aromatic N) is 5. The van der Waals surface area contributed by atoms with Crippen LogP contribution in [0.15, 0.2) is 48.8 Å². The molecule has 3 aromatic heterocycles. The molecule has 126 valence electrons. The van der Waals surface area contributed by atoms with Crippen molar-refractivity contribution in [3.05, 3.63) is 60.0 Å². The second kappa shape index (κ2) is 6.05. The summed E-state index contributed by atoms with van der Waals surface area (Å²) in [6.45, 7) is 2.72. The van der Waals surface area contributed by atoms with Crippen LogP contribution in [0.4, 0.5) is 5.82 Å².